The van der Waals surface area contributed by atoms with E-state index in [1.54, 1.807) is 11.3 Å². The van der Waals surface area contributed by atoms with Gasteiger partial charge in [0.15, 0.2) is 0 Å². The van der Waals surface area contributed by atoms with Crippen LogP contribution in [0.2, 0.25) is 0 Å². The van der Waals surface area contributed by atoms with Crippen molar-refractivity contribution in [3.8, 4) is 0 Å². The fraction of sp³-hybridized carbons (Fsp3) is 0.444. The molecule has 0 radical (unpaired) electrons. The quantitative estimate of drug-likeness (QED) is 0.848. The Morgan fingerprint density at radius 2 is 2.17 bits per heavy atom. The lowest BCUT2D eigenvalue weighted by Gasteiger charge is -2.08. The number of amides is 1. The number of nitrogens with zero attached hydrogens (tertiary/aromatic N) is 1. The molecule has 1 N–H and O–H groups in total. The number of nitrogens with one attached hydrogen (secondary N) is 1. The van der Waals surface area contributed by atoms with E-state index < -0.39 is 0 Å². The molecule has 23 heavy (non-hydrogen) atoms. The van der Waals surface area contributed by atoms with Crippen molar-refractivity contribution in [2.24, 2.45) is 0 Å². The number of hydrogen-bond donors (Lipinski definition) is 1. The average molecular weight is 330 g/mol. The zero-order valence-electron chi connectivity index (χ0n) is 13.2. The number of rotatable bonds is 7. The highest BCUT2D eigenvalue weighted by molar-refractivity contribution is 7.09. The summed E-state index contributed by atoms with van der Waals surface area (Å²) >= 11 is 1.67. The van der Waals surface area contributed by atoms with Crippen molar-refractivity contribution in [1.29, 1.82) is 0 Å². The van der Waals surface area contributed by atoms with Gasteiger partial charge in [0, 0.05) is 18.4 Å². The maximum Gasteiger partial charge on any atom is 0.222 e. The van der Waals surface area contributed by atoms with Crippen molar-refractivity contribution in [1.82, 2.24) is 10.3 Å². The molecule has 0 saturated carbocycles. The van der Waals surface area contributed by atoms with Crippen LogP contribution in [0.1, 0.15) is 35.5 Å². The number of hydrogen-bond acceptors (Lipinski definition) is 4. The number of carbonyl (C=O) groups excluding carboxylic acids is 1. The van der Waals surface area contributed by atoms with Crippen molar-refractivity contribution in [3.63, 3.8) is 0 Å². The van der Waals surface area contributed by atoms with Crippen LogP contribution in [-0.2, 0) is 28.9 Å². The second-order valence-corrected chi connectivity index (χ2v) is 6.78. The summed E-state index contributed by atoms with van der Waals surface area (Å²) in [6.45, 7) is 1.29. The third-order valence-corrected chi connectivity index (χ3v) is 4.93. The molecule has 122 valence electrons. The van der Waals surface area contributed by atoms with Crippen LogP contribution in [-0.4, -0.2) is 23.6 Å². The molecule has 1 amide bonds. The smallest absolute Gasteiger partial charge is 0.222 e. The summed E-state index contributed by atoms with van der Waals surface area (Å²) in [5, 5.41) is 6.10. The molecular weight excluding hydrogens is 308 g/mol. The number of thiazole rings is 1. The summed E-state index contributed by atoms with van der Waals surface area (Å²) in [5.74, 6) is 0.0516. The van der Waals surface area contributed by atoms with Gasteiger partial charge in [0.2, 0.25) is 5.91 Å². The van der Waals surface area contributed by atoms with Crippen molar-refractivity contribution < 1.29 is 9.53 Å². The van der Waals surface area contributed by atoms with Crippen LogP contribution in [0.5, 0.6) is 0 Å². The van der Waals surface area contributed by atoms with Crippen molar-refractivity contribution in [3.05, 3.63) is 52.0 Å². The van der Waals surface area contributed by atoms with Gasteiger partial charge >= 0.3 is 0 Å². The average Bonchev–Trinajstić information content (AvgIpc) is 3.24. The maximum atomic E-state index is 11.9. The molecule has 1 atom stereocenters. The molecule has 3 rings (SSSR count). The van der Waals surface area contributed by atoms with Crippen molar-refractivity contribution >= 4 is 17.2 Å². The first-order valence-corrected chi connectivity index (χ1v) is 9.03. The van der Waals surface area contributed by atoms with Gasteiger partial charge in [-0.2, -0.15) is 0 Å². The van der Waals surface area contributed by atoms with E-state index in [0.717, 1.165) is 43.0 Å². The highest BCUT2D eigenvalue weighted by atomic mass is 32.1. The van der Waals surface area contributed by atoms with Crippen LogP contribution in [0, 0.1) is 0 Å². The highest BCUT2D eigenvalue weighted by Gasteiger charge is 2.18. The molecule has 1 saturated heterocycles. The van der Waals surface area contributed by atoms with Crippen LogP contribution in [0.4, 0.5) is 0 Å². The molecule has 0 bridgehead atoms. The SMILES string of the molecule is O=C(C[C@@H]1CCCO1)NCc1csc(CCc2ccccc2)n1. The van der Waals surface area contributed by atoms with Crippen LogP contribution >= 0.6 is 11.3 Å². The van der Waals surface area contributed by atoms with Crippen LogP contribution in [0.15, 0.2) is 35.7 Å². The van der Waals surface area contributed by atoms with Gasteiger partial charge in [-0.15, -0.1) is 11.3 Å². The maximum absolute atomic E-state index is 11.9. The fourth-order valence-corrected chi connectivity index (χ4v) is 3.51. The van der Waals surface area contributed by atoms with E-state index in [2.05, 4.69) is 34.6 Å². The summed E-state index contributed by atoms with van der Waals surface area (Å²) in [5.41, 5.74) is 2.27. The molecule has 1 aliphatic rings. The van der Waals surface area contributed by atoms with Gasteiger partial charge in [-0.3, -0.25) is 4.79 Å². The van der Waals surface area contributed by atoms with Gasteiger partial charge in [-0.1, -0.05) is 30.3 Å². The molecule has 2 heterocycles. The minimum Gasteiger partial charge on any atom is -0.378 e. The standard InChI is InChI=1S/C18H22N2O2S/c21-17(11-16-7-4-10-22-16)19-12-15-13-23-18(20-15)9-8-14-5-2-1-3-6-14/h1-3,5-6,13,16H,4,7-12H2,(H,19,21)/t16-/m0/s1. The van der Waals surface area contributed by atoms with Crippen LogP contribution in [0.25, 0.3) is 0 Å². The Morgan fingerprint density at radius 3 is 2.96 bits per heavy atom. The normalized spacial score (nSPS) is 17.3. The monoisotopic (exact) mass is 330 g/mol. The topological polar surface area (TPSA) is 51.2 Å². The summed E-state index contributed by atoms with van der Waals surface area (Å²) in [7, 11) is 0. The lowest BCUT2D eigenvalue weighted by Crippen LogP contribution is -2.26. The Balaban J connectivity index is 1.41. The number of aryl methyl sites for hydroxylation is 2. The second-order valence-electron chi connectivity index (χ2n) is 5.83. The fourth-order valence-electron chi connectivity index (χ4n) is 2.71. The van der Waals surface area contributed by atoms with E-state index >= 15 is 0 Å². The third kappa shape index (κ3) is 5.15. The van der Waals surface area contributed by atoms with Gasteiger partial charge in [0.25, 0.3) is 0 Å². The van der Waals surface area contributed by atoms with Gasteiger partial charge in [0.05, 0.1) is 29.8 Å². The first kappa shape index (κ1) is 16.1. The molecule has 1 aliphatic heterocycles. The summed E-state index contributed by atoms with van der Waals surface area (Å²) < 4.78 is 5.48. The Labute approximate surface area is 140 Å². The lowest BCUT2D eigenvalue weighted by atomic mass is 10.1. The highest BCUT2D eigenvalue weighted by Crippen LogP contribution is 2.16. The first-order valence-electron chi connectivity index (χ1n) is 8.15. The number of aromatic nitrogens is 1. The largest absolute Gasteiger partial charge is 0.378 e. The predicted octanol–water partition coefficient (Wildman–Crippen LogP) is 3.11. The molecule has 1 aromatic heterocycles. The number of benzene rings is 1. The molecule has 4 nitrogen and oxygen atoms in total. The Bertz CT molecular complexity index is 621. The van der Waals surface area contributed by atoms with E-state index in [9.17, 15) is 4.79 Å². The zero-order chi connectivity index (χ0) is 15.9. The second kappa shape index (κ2) is 8.22. The number of carbonyl (C=O) groups is 1. The van der Waals surface area contributed by atoms with Crippen LogP contribution in [0.3, 0.4) is 0 Å². The van der Waals surface area contributed by atoms with Gasteiger partial charge < -0.3 is 10.1 Å². The van der Waals surface area contributed by atoms with Crippen molar-refractivity contribution in [2.45, 2.75) is 44.8 Å². The Morgan fingerprint density at radius 1 is 1.30 bits per heavy atom. The Hall–Kier alpha value is -1.72. The molecule has 1 aromatic carbocycles. The van der Waals surface area contributed by atoms with E-state index in [1.807, 2.05) is 11.4 Å². The van der Waals surface area contributed by atoms with Crippen molar-refractivity contribution in [2.75, 3.05) is 6.61 Å². The molecule has 0 aliphatic carbocycles. The summed E-state index contributed by atoms with van der Waals surface area (Å²) in [6, 6.07) is 10.4. The minimum atomic E-state index is 0.0516. The van der Waals surface area contributed by atoms with Crippen LogP contribution < -0.4 is 5.32 Å². The number of ether oxygens (including phenoxy) is 1. The molecule has 0 spiro atoms. The van der Waals surface area contributed by atoms with Gasteiger partial charge in [0.1, 0.15) is 0 Å². The first-order chi connectivity index (χ1) is 11.3. The summed E-state index contributed by atoms with van der Waals surface area (Å²) in [6.07, 6.45) is 4.57. The lowest BCUT2D eigenvalue weighted by molar-refractivity contribution is -0.123. The zero-order valence-corrected chi connectivity index (χ0v) is 14.0. The minimum absolute atomic E-state index is 0.0516. The van der Waals surface area contributed by atoms with E-state index in [0.29, 0.717) is 13.0 Å². The van der Waals surface area contributed by atoms with E-state index in [4.69, 9.17) is 4.74 Å². The van der Waals surface area contributed by atoms with E-state index in [1.165, 1.54) is 5.56 Å². The predicted molar refractivity (Wildman–Crippen MR) is 91.4 cm³/mol. The summed E-state index contributed by atoms with van der Waals surface area (Å²) in [4.78, 5) is 16.5. The van der Waals surface area contributed by atoms with Gasteiger partial charge in [-0.05, 0) is 24.8 Å². The van der Waals surface area contributed by atoms with E-state index in [-0.39, 0.29) is 12.0 Å². The molecule has 0 unspecified atom stereocenters. The van der Waals surface area contributed by atoms with Gasteiger partial charge in [-0.25, -0.2) is 4.98 Å². The molecule has 5 heteroatoms. The molecule has 1 fully saturated rings. The Kier molecular flexibility index (Phi) is 5.77. The molecule has 2 aromatic rings. The molecular formula is C18H22N2O2S. The third-order valence-electron chi connectivity index (χ3n) is 3.97.